The number of aliphatic carboxylic acids is 1. The molecule has 2 aliphatic rings. The summed E-state index contributed by atoms with van der Waals surface area (Å²) in [6, 6.07) is 0. The van der Waals surface area contributed by atoms with Crippen LogP contribution in [-0.2, 0) is 4.79 Å². The second-order valence-electron chi connectivity index (χ2n) is 5.92. The lowest BCUT2D eigenvalue weighted by Crippen LogP contribution is -2.44. The van der Waals surface area contributed by atoms with Crippen molar-refractivity contribution in [3.8, 4) is 0 Å². The second-order valence-corrected chi connectivity index (χ2v) is 5.92. The molecule has 2 rings (SSSR count). The highest BCUT2D eigenvalue weighted by molar-refractivity contribution is 5.75. The molecule has 0 aliphatic heterocycles. The number of hydrogen-bond acceptors (Lipinski definition) is 2. The van der Waals surface area contributed by atoms with Crippen molar-refractivity contribution >= 4 is 5.97 Å². The molecule has 17 heavy (non-hydrogen) atoms. The molecule has 2 saturated carbocycles. The van der Waals surface area contributed by atoms with E-state index in [-0.39, 0.29) is 12.0 Å². The van der Waals surface area contributed by atoms with Gasteiger partial charge in [-0.15, -0.1) is 0 Å². The van der Waals surface area contributed by atoms with Crippen molar-refractivity contribution in [1.29, 1.82) is 0 Å². The molecule has 0 aromatic rings. The average Bonchev–Trinajstić information content (AvgIpc) is 2.76. The SMILES string of the molecule is CCC1CCC(C(=O)O)(C2CCCC2O)CC1. The summed E-state index contributed by atoms with van der Waals surface area (Å²) >= 11 is 0. The molecule has 0 aromatic heterocycles. The van der Waals surface area contributed by atoms with E-state index in [1.807, 2.05) is 0 Å². The zero-order valence-electron chi connectivity index (χ0n) is 10.7. The molecule has 0 saturated heterocycles. The smallest absolute Gasteiger partial charge is 0.310 e. The van der Waals surface area contributed by atoms with E-state index in [1.54, 1.807) is 0 Å². The lowest BCUT2D eigenvalue weighted by atomic mass is 9.62. The van der Waals surface area contributed by atoms with Crippen molar-refractivity contribution < 1.29 is 15.0 Å². The molecule has 98 valence electrons. The Morgan fingerprint density at radius 2 is 1.88 bits per heavy atom. The van der Waals surface area contributed by atoms with Gasteiger partial charge in [-0.25, -0.2) is 0 Å². The zero-order chi connectivity index (χ0) is 12.5. The van der Waals surface area contributed by atoms with Crippen molar-refractivity contribution in [3.63, 3.8) is 0 Å². The van der Waals surface area contributed by atoms with Gasteiger partial charge in [-0.3, -0.25) is 4.79 Å². The van der Waals surface area contributed by atoms with Gasteiger partial charge in [0, 0.05) is 5.92 Å². The maximum Gasteiger partial charge on any atom is 0.310 e. The quantitative estimate of drug-likeness (QED) is 0.797. The summed E-state index contributed by atoms with van der Waals surface area (Å²) in [5.74, 6) is 0.0248. The van der Waals surface area contributed by atoms with Crippen LogP contribution in [-0.4, -0.2) is 22.3 Å². The van der Waals surface area contributed by atoms with Gasteiger partial charge in [0.25, 0.3) is 0 Å². The van der Waals surface area contributed by atoms with Crippen molar-refractivity contribution in [1.82, 2.24) is 0 Å². The van der Waals surface area contributed by atoms with Gasteiger partial charge in [0.15, 0.2) is 0 Å². The highest BCUT2D eigenvalue weighted by Gasteiger charge is 2.51. The van der Waals surface area contributed by atoms with Crippen molar-refractivity contribution in [2.45, 2.75) is 64.4 Å². The van der Waals surface area contributed by atoms with Gasteiger partial charge in [0.2, 0.25) is 0 Å². The standard InChI is InChI=1S/C14H24O3/c1-2-10-6-8-14(9-7-10,13(16)17)11-4-3-5-12(11)15/h10-12,15H,2-9H2,1H3,(H,16,17). The fourth-order valence-electron chi connectivity index (χ4n) is 3.93. The number of hydrogen-bond donors (Lipinski definition) is 2. The van der Waals surface area contributed by atoms with Crippen LogP contribution in [0.3, 0.4) is 0 Å². The van der Waals surface area contributed by atoms with E-state index in [1.165, 1.54) is 0 Å². The van der Waals surface area contributed by atoms with Gasteiger partial charge < -0.3 is 10.2 Å². The van der Waals surface area contributed by atoms with E-state index in [0.717, 1.165) is 51.4 Å². The van der Waals surface area contributed by atoms with Crippen LogP contribution in [0.1, 0.15) is 58.3 Å². The lowest BCUT2D eigenvalue weighted by Gasteiger charge is -2.42. The second kappa shape index (κ2) is 4.97. The minimum atomic E-state index is -0.669. The fraction of sp³-hybridized carbons (Fsp3) is 0.929. The number of aliphatic hydroxyl groups is 1. The first kappa shape index (κ1) is 12.9. The molecule has 0 spiro atoms. The van der Waals surface area contributed by atoms with Gasteiger partial charge in [-0.2, -0.15) is 0 Å². The van der Waals surface area contributed by atoms with Crippen LogP contribution in [0.5, 0.6) is 0 Å². The van der Waals surface area contributed by atoms with Crippen LogP contribution in [0.15, 0.2) is 0 Å². The third kappa shape index (κ3) is 2.22. The summed E-state index contributed by atoms with van der Waals surface area (Å²) in [7, 11) is 0. The van der Waals surface area contributed by atoms with Gasteiger partial charge >= 0.3 is 5.97 Å². The Labute approximate surface area is 103 Å². The number of rotatable bonds is 3. The summed E-state index contributed by atoms with van der Waals surface area (Å²) in [5, 5.41) is 19.6. The lowest BCUT2D eigenvalue weighted by molar-refractivity contribution is -0.159. The van der Waals surface area contributed by atoms with Gasteiger partial charge in [-0.1, -0.05) is 19.8 Å². The van der Waals surface area contributed by atoms with Crippen molar-refractivity contribution in [3.05, 3.63) is 0 Å². The van der Waals surface area contributed by atoms with Gasteiger partial charge in [0.1, 0.15) is 0 Å². The molecule has 0 heterocycles. The third-order valence-electron chi connectivity index (χ3n) is 5.19. The Balaban J connectivity index is 2.14. The first-order valence-corrected chi connectivity index (χ1v) is 7.01. The Morgan fingerprint density at radius 1 is 1.24 bits per heavy atom. The van der Waals surface area contributed by atoms with Crippen LogP contribution in [0.25, 0.3) is 0 Å². The van der Waals surface area contributed by atoms with E-state index in [4.69, 9.17) is 0 Å². The molecule has 2 aliphatic carbocycles. The minimum Gasteiger partial charge on any atom is -0.481 e. The van der Waals surface area contributed by atoms with Crippen LogP contribution in [0.4, 0.5) is 0 Å². The van der Waals surface area contributed by atoms with E-state index in [2.05, 4.69) is 6.92 Å². The maximum absolute atomic E-state index is 11.7. The molecular formula is C14H24O3. The highest BCUT2D eigenvalue weighted by atomic mass is 16.4. The zero-order valence-corrected chi connectivity index (χ0v) is 10.7. The minimum absolute atomic E-state index is 0.00203. The summed E-state index contributed by atoms with van der Waals surface area (Å²) in [5.41, 5.74) is -0.623. The summed E-state index contributed by atoms with van der Waals surface area (Å²) in [6.45, 7) is 2.18. The summed E-state index contributed by atoms with van der Waals surface area (Å²) in [4.78, 5) is 11.7. The molecule has 0 bridgehead atoms. The molecule has 3 heteroatoms. The largest absolute Gasteiger partial charge is 0.481 e. The molecule has 0 amide bonds. The predicted octanol–water partition coefficient (Wildman–Crippen LogP) is 2.82. The number of carboxylic acid groups (broad SMARTS) is 1. The first-order valence-electron chi connectivity index (χ1n) is 7.01. The van der Waals surface area contributed by atoms with Crippen LogP contribution in [0, 0.1) is 17.3 Å². The normalized spacial score (nSPS) is 42.6. The molecule has 2 N–H and O–H groups in total. The fourth-order valence-corrected chi connectivity index (χ4v) is 3.93. The van der Waals surface area contributed by atoms with E-state index in [9.17, 15) is 15.0 Å². The molecule has 2 fully saturated rings. The van der Waals surface area contributed by atoms with Gasteiger partial charge in [0.05, 0.1) is 11.5 Å². The summed E-state index contributed by atoms with van der Waals surface area (Å²) < 4.78 is 0. The van der Waals surface area contributed by atoms with E-state index >= 15 is 0 Å². The van der Waals surface area contributed by atoms with E-state index in [0.29, 0.717) is 5.92 Å². The van der Waals surface area contributed by atoms with Crippen LogP contribution >= 0.6 is 0 Å². The summed E-state index contributed by atoms with van der Waals surface area (Å²) in [6.07, 6.45) is 7.01. The Morgan fingerprint density at radius 3 is 2.29 bits per heavy atom. The molecule has 0 aromatic carbocycles. The highest BCUT2D eigenvalue weighted by Crippen LogP contribution is 2.51. The molecule has 0 radical (unpaired) electrons. The average molecular weight is 240 g/mol. The Kier molecular flexibility index (Phi) is 3.76. The van der Waals surface area contributed by atoms with Crippen molar-refractivity contribution in [2.24, 2.45) is 17.3 Å². The van der Waals surface area contributed by atoms with Crippen LogP contribution in [0.2, 0.25) is 0 Å². The number of carboxylic acids is 1. The third-order valence-corrected chi connectivity index (χ3v) is 5.19. The monoisotopic (exact) mass is 240 g/mol. The Hall–Kier alpha value is -0.570. The number of aliphatic hydroxyl groups excluding tert-OH is 1. The predicted molar refractivity (Wildman–Crippen MR) is 65.7 cm³/mol. The van der Waals surface area contributed by atoms with Crippen LogP contribution < -0.4 is 0 Å². The van der Waals surface area contributed by atoms with E-state index < -0.39 is 11.4 Å². The maximum atomic E-state index is 11.7. The number of carbonyl (C=O) groups is 1. The molecule has 3 nitrogen and oxygen atoms in total. The molecular weight excluding hydrogens is 216 g/mol. The first-order chi connectivity index (χ1) is 8.10. The van der Waals surface area contributed by atoms with Crippen molar-refractivity contribution in [2.75, 3.05) is 0 Å². The Bertz CT molecular complexity index is 279. The molecule has 2 atom stereocenters. The topological polar surface area (TPSA) is 57.5 Å². The molecule has 2 unspecified atom stereocenters. The van der Waals surface area contributed by atoms with Gasteiger partial charge in [-0.05, 0) is 44.4 Å².